The van der Waals surface area contributed by atoms with Gasteiger partial charge in [0.15, 0.2) is 5.78 Å². The zero-order valence-corrected chi connectivity index (χ0v) is 8.94. The van der Waals surface area contributed by atoms with Crippen molar-refractivity contribution < 1.29 is 18.3 Å². The van der Waals surface area contributed by atoms with Crippen molar-refractivity contribution in [2.45, 2.75) is 13.3 Å². The van der Waals surface area contributed by atoms with Crippen molar-refractivity contribution in [3.63, 3.8) is 0 Å². The molecule has 82 valence electrons. The van der Waals surface area contributed by atoms with Crippen LogP contribution in [-0.4, -0.2) is 12.9 Å². The molecule has 0 aromatic heterocycles. The molecule has 0 atom stereocenters. The Bertz CT molecular complexity index is 391. The van der Waals surface area contributed by atoms with E-state index in [-0.39, 0.29) is 16.3 Å². The highest BCUT2D eigenvalue weighted by molar-refractivity contribution is 6.32. The molecule has 0 spiro atoms. The number of carbonyl (C=O) groups is 1. The van der Waals surface area contributed by atoms with E-state index in [9.17, 15) is 13.6 Å². The van der Waals surface area contributed by atoms with Gasteiger partial charge in [0.05, 0.1) is 23.3 Å². The summed E-state index contributed by atoms with van der Waals surface area (Å²) in [6, 6.07) is 2.68. The number of ketones is 1. The van der Waals surface area contributed by atoms with Gasteiger partial charge in [-0.15, -0.1) is 0 Å². The lowest BCUT2D eigenvalue weighted by Gasteiger charge is -2.12. The molecule has 0 aliphatic carbocycles. The number of alkyl halides is 2. The van der Waals surface area contributed by atoms with Crippen molar-refractivity contribution in [1.29, 1.82) is 0 Å². The maximum atomic E-state index is 12.7. The highest BCUT2D eigenvalue weighted by Crippen LogP contribution is 2.35. The second-order valence-corrected chi connectivity index (χ2v) is 3.30. The molecule has 0 aliphatic heterocycles. The smallest absolute Gasteiger partial charge is 0.266 e. The van der Waals surface area contributed by atoms with E-state index in [1.54, 1.807) is 0 Å². The molecule has 1 aromatic rings. The third kappa shape index (κ3) is 2.26. The van der Waals surface area contributed by atoms with Gasteiger partial charge in [0.1, 0.15) is 5.75 Å². The zero-order chi connectivity index (χ0) is 11.6. The molecular formula is C10H9ClF2O2. The largest absolute Gasteiger partial charge is 0.496 e. The highest BCUT2D eigenvalue weighted by atomic mass is 35.5. The summed E-state index contributed by atoms with van der Waals surface area (Å²) in [5, 5.41) is -0.129. The van der Waals surface area contributed by atoms with Crippen LogP contribution in [0.15, 0.2) is 12.1 Å². The first kappa shape index (κ1) is 11.9. The van der Waals surface area contributed by atoms with Crippen molar-refractivity contribution in [1.82, 2.24) is 0 Å². The number of hydrogen-bond donors (Lipinski definition) is 0. The van der Waals surface area contributed by atoms with E-state index < -0.39 is 17.8 Å². The minimum Gasteiger partial charge on any atom is -0.496 e. The fourth-order valence-corrected chi connectivity index (χ4v) is 1.56. The summed E-state index contributed by atoms with van der Waals surface area (Å²) in [6.45, 7) is 1.19. The van der Waals surface area contributed by atoms with Crippen LogP contribution in [0, 0.1) is 0 Å². The van der Waals surface area contributed by atoms with E-state index in [0.29, 0.717) is 0 Å². The van der Waals surface area contributed by atoms with E-state index in [1.165, 1.54) is 26.2 Å². The topological polar surface area (TPSA) is 26.3 Å². The Balaban J connectivity index is 3.51. The summed E-state index contributed by atoms with van der Waals surface area (Å²) in [7, 11) is 1.31. The van der Waals surface area contributed by atoms with Crippen LogP contribution in [0.1, 0.15) is 29.3 Å². The van der Waals surface area contributed by atoms with Crippen LogP contribution in [0.5, 0.6) is 5.75 Å². The Hall–Kier alpha value is -1.16. The van der Waals surface area contributed by atoms with Crippen molar-refractivity contribution >= 4 is 17.4 Å². The lowest BCUT2D eigenvalue weighted by Crippen LogP contribution is -2.04. The van der Waals surface area contributed by atoms with Crippen molar-refractivity contribution in [2.24, 2.45) is 0 Å². The van der Waals surface area contributed by atoms with Crippen LogP contribution in [0.3, 0.4) is 0 Å². The number of ether oxygens (including phenoxy) is 1. The lowest BCUT2D eigenvalue weighted by atomic mass is 10.0. The maximum Gasteiger partial charge on any atom is 0.266 e. The summed E-state index contributed by atoms with van der Waals surface area (Å²) in [6.07, 6.45) is -2.80. The van der Waals surface area contributed by atoms with E-state index in [4.69, 9.17) is 16.3 Å². The van der Waals surface area contributed by atoms with E-state index in [1.807, 2.05) is 0 Å². The summed E-state index contributed by atoms with van der Waals surface area (Å²) >= 11 is 5.61. The summed E-state index contributed by atoms with van der Waals surface area (Å²) < 4.78 is 30.2. The Kier molecular flexibility index (Phi) is 3.63. The highest BCUT2D eigenvalue weighted by Gasteiger charge is 2.23. The van der Waals surface area contributed by atoms with Gasteiger partial charge < -0.3 is 4.74 Å². The molecule has 2 nitrogen and oxygen atoms in total. The molecule has 0 unspecified atom stereocenters. The van der Waals surface area contributed by atoms with Gasteiger partial charge in [-0.1, -0.05) is 11.6 Å². The number of rotatable bonds is 3. The average Bonchev–Trinajstić information content (AvgIpc) is 2.16. The van der Waals surface area contributed by atoms with Crippen molar-refractivity contribution in [2.75, 3.05) is 7.11 Å². The minimum absolute atomic E-state index is 0.113. The number of methoxy groups -OCH3 is 1. The summed E-state index contributed by atoms with van der Waals surface area (Å²) in [4.78, 5) is 11.2. The molecule has 5 heteroatoms. The number of Topliss-reactive ketones (excluding diaryl/α,β-unsaturated/α-hetero) is 1. The molecule has 0 amide bonds. The summed E-state index contributed by atoms with van der Waals surface area (Å²) in [5.41, 5.74) is -0.622. The molecule has 0 N–H and O–H groups in total. The van der Waals surface area contributed by atoms with Crippen LogP contribution in [-0.2, 0) is 0 Å². The fourth-order valence-electron chi connectivity index (χ4n) is 1.32. The standard InChI is InChI=1S/C10H9ClF2O2/c1-5(14)8-7(15-2)4-3-6(11)9(8)10(12)13/h3-4,10H,1-2H3. The summed E-state index contributed by atoms with van der Waals surface area (Å²) in [5.74, 6) is -0.383. The van der Waals surface area contributed by atoms with Gasteiger partial charge in [0.2, 0.25) is 0 Å². The number of hydrogen-bond acceptors (Lipinski definition) is 2. The average molecular weight is 235 g/mol. The minimum atomic E-state index is -2.80. The number of benzene rings is 1. The van der Waals surface area contributed by atoms with E-state index in [0.717, 1.165) is 0 Å². The van der Waals surface area contributed by atoms with Crippen LogP contribution in [0.25, 0.3) is 0 Å². The van der Waals surface area contributed by atoms with Crippen LogP contribution in [0.4, 0.5) is 8.78 Å². The predicted octanol–water partition coefficient (Wildman–Crippen LogP) is 3.49. The van der Waals surface area contributed by atoms with Gasteiger partial charge in [-0.05, 0) is 19.1 Å². The molecule has 0 bridgehead atoms. The van der Waals surface area contributed by atoms with Crippen LogP contribution < -0.4 is 4.74 Å². The third-order valence-corrected chi connectivity index (χ3v) is 2.27. The van der Waals surface area contributed by atoms with Crippen LogP contribution >= 0.6 is 11.6 Å². The Labute approximate surface area is 90.8 Å². The third-order valence-electron chi connectivity index (χ3n) is 1.94. The first-order chi connectivity index (χ1) is 6.99. The molecule has 0 saturated carbocycles. The normalized spacial score (nSPS) is 10.5. The Morgan fingerprint density at radius 1 is 1.47 bits per heavy atom. The molecular weight excluding hydrogens is 226 g/mol. The van der Waals surface area contributed by atoms with E-state index >= 15 is 0 Å². The monoisotopic (exact) mass is 234 g/mol. The van der Waals surface area contributed by atoms with Gasteiger partial charge in [-0.25, -0.2) is 8.78 Å². The van der Waals surface area contributed by atoms with Gasteiger partial charge in [-0.3, -0.25) is 4.79 Å². The van der Waals surface area contributed by atoms with Crippen LogP contribution in [0.2, 0.25) is 5.02 Å². The molecule has 0 radical (unpaired) electrons. The van der Waals surface area contributed by atoms with E-state index in [2.05, 4.69) is 0 Å². The number of halogens is 3. The zero-order valence-electron chi connectivity index (χ0n) is 8.18. The maximum absolute atomic E-state index is 12.7. The molecule has 1 aromatic carbocycles. The van der Waals surface area contributed by atoms with Crippen molar-refractivity contribution in [3.8, 4) is 5.75 Å². The van der Waals surface area contributed by atoms with Gasteiger partial charge >= 0.3 is 0 Å². The second kappa shape index (κ2) is 4.57. The first-order valence-electron chi connectivity index (χ1n) is 4.14. The number of carbonyl (C=O) groups excluding carboxylic acids is 1. The predicted molar refractivity (Wildman–Crippen MR) is 53.0 cm³/mol. The lowest BCUT2D eigenvalue weighted by molar-refractivity contribution is 0.0995. The molecule has 0 heterocycles. The first-order valence-corrected chi connectivity index (χ1v) is 4.52. The molecule has 1 rings (SSSR count). The van der Waals surface area contributed by atoms with Gasteiger partial charge in [0, 0.05) is 0 Å². The second-order valence-electron chi connectivity index (χ2n) is 2.90. The van der Waals surface area contributed by atoms with Crippen molar-refractivity contribution in [3.05, 3.63) is 28.3 Å². The molecule has 15 heavy (non-hydrogen) atoms. The Morgan fingerprint density at radius 2 is 2.07 bits per heavy atom. The fraction of sp³-hybridized carbons (Fsp3) is 0.300. The molecule has 0 saturated heterocycles. The quantitative estimate of drug-likeness (QED) is 0.749. The SMILES string of the molecule is COc1ccc(Cl)c(C(F)F)c1C(C)=O. The molecule has 0 fully saturated rings. The molecule has 0 aliphatic rings. The van der Waals surface area contributed by atoms with Gasteiger partial charge in [-0.2, -0.15) is 0 Å². The van der Waals surface area contributed by atoms with Gasteiger partial charge in [0.25, 0.3) is 6.43 Å². The Morgan fingerprint density at radius 3 is 2.47 bits per heavy atom.